The first-order valence-corrected chi connectivity index (χ1v) is 10.7. The Bertz CT molecular complexity index is 911. The Morgan fingerprint density at radius 2 is 1.69 bits per heavy atom. The number of benzene rings is 2. The summed E-state index contributed by atoms with van der Waals surface area (Å²) in [7, 11) is 1.60. The van der Waals surface area contributed by atoms with Crippen molar-refractivity contribution in [1.29, 1.82) is 0 Å². The number of halogens is 1. The average molecular weight is 415 g/mol. The number of ether oxygens (including phenoxy) is 1. The molecule has 5 nitrogen and oxygen atoms in total. The van der Waals surface area contributed by atoms with E-state index in [-0.39, 0.29) is 22.2 Å². The molecule has 2 heterocycles. The van der Waals surface area contributed by atoms with Crippen molar-refractivity contribution in [2.45, 2.75) is 17.7 Å². The molecular weight excluding hydrogens is 391 g/mol. The number of rotatable bonds is 3. The predicted molar refractivity (Wildman–Crippen MR) is 111 cm³/mol. The van der Waals surface area contributed by atoms with Gasteiger partial charge in [0, 0.05) is 31.0 Å². The standard InChI is InChI=1S/C22H23FN2O3S/c1-28-17-8-6-16(7-9-17)20(26)25-14-15-29-22(25)10-12-24(13-11-22)21(27)18-4-2-3-5-19(18)23/h2-9H,10-15H2,1H3. The van der Waals surface area contributed by atoms with Gasteiger partial charge in [0.15, 0.2) is 0 Å². The summed E-state index contributed by atoms with van der Waals surface area (Å²) in [6, 6.07) is 13.2. The topological polar surface area (TPSA) is 49.9 Å². The van der Waals surface area contributed by atoms with E-state index in [4.69, 9.17) is 4.74 Å². The number of amides is 2. The number of carbonyl (C=O) groups is 2. The zero-order valence-electron chi connectivity index (χ0n) is 16.3. The number of hydrogen-bond donors (Lipinski definition) is 0. The van der Waals surface area contributed by atoms with Gasteiger partial charge in [0.2, 0.25) is 0 Å². The molecule has 0 aliphatic carbocycles. The molecule has 2 aromatic carbocycles. The molecule has 0 atom stereocenters. The van der Waals surface area contributed by atoms with Crippen molar-refractivity contribution in [3.63, 3.8) is 0 Å². The van der Waals surface area contributed by atoms with Crippen LogP contribution in [0.2, 0.25) is 0 Å². The lowest BCUT2D eigenvalue weighted by Crippen LogP contribution is -2.53. The molecule has 152 valence electrons. The van der Waals surface area contributed by atoms with Crippen LogP contribution in [0.25, 0.3) is 0 Å². The van der Waals surface area contributed by atoms with E-state index in [1.807, 2.05) is 4.90 Å². The van der Waals surface area contributed by atoms with Crippen LogP contribution in [0.15, 0.2) is 48.5 Å². The van der Waals surface area contributed by atoms with E-state index in [1.54, 1.807) is 60.2 Å². The second-order valence-electron chi connectivity index (χ2n) is 7.25. The second kappa shape index (κ2) is 8.06. The van der Waals surface area contributed by atoms with Gasteiger partial charge in [-0.25, -0.2) is 4.39 Å². The third-order valence-corrected chi connectivity index (χ3v) is 7.25. The maximum Gasteiger partial charge on any atom is 0.256 e. The van der Waals surface area contributed by atoms with E-state index in [0.29, 0.717) is 43.8 Å². The van der Waals surface area contributed by atoms with Crippen LogP contribution in [0.4, 0.5) is 4.39 Å². The average Bonchev–Trinajstić information content (AvgIpc) is 3.16. The van der Waals surface area contributed by atoms with E-state index in [9.17, 15) is 14.0 Å². The minimum absolute atomic E-state index is 0.00605. The van der Waals surface area contributed by atoms with Crippen molar-refractivity contribution in [3.8, 4) is 5.75 Å². The molecule has 29 heavy (non-hydrogen) atoms. The SMILES string of the molecule is COc1ccc(C(=O)N2CCSC23CCN(C(=O)c2ccccc2F)CC3)cc1. The highest BCUT2D eigenvalue weighted by Gasteiger charge is 2.47. The van der Waals surface area contributed by atoms with Gasteiger partial charge in [-0.1, -0.05) is 12.1 Å². The summed E-state index contributed by atoms with van der Waals surface area (Å²) < 4.78 is 19.2. The minimum Gasteiger partial charge on any atom is -0.497 e. The summed E-state index contributed by atoms with van der Waals surface area (Å²) in [4.78, 5) is 29.2. The lowest BCUT2D eigenvalue weighted by Gasteiger charge is -2.44. The molecule has 0 saturated carbocycles. The molecule has 2 aliphatic heterocycles. The number of hydrogen-bond acceptors (Lipinski definition) is 4. The van der Waals surface area contributed by atoms with Gasteiger partial charge in [0.1, 0.15) is 11.6 Å². The highest BCUT2D eigenvalue weighted by molar-refractivity contribution is 8.00. The number of methoxy groups -OCH3 is 1. The van der Waals surface area contributed by atoms with Crippen molar-refractivity contribution in [2.24, 2.45) is 0 Å². The van der Waals surface area contributed by atoms with Crippen LogP contribution in [0.5, 0.6) is 5.75 Å². The highest BCUT2D eigenvalue weighted by Crippen LogP contribution is 2.44. The second-order valence-corrected chi connectivity index (χ2v) is 8.71. The van der Waals surface area contributed by atoms with Crippen molar-refractivity contribution in [1.82, 2.24) is 9.80 Å². The number of thioether (sulfide) groups is 1. The molecule has 2 amide bonds. The number of likely N-dealkylation sites (tertiary alicyclic amines) is 1. The molecule has 2 saturated heterocycles. The molecular formula is C22H23FN2O3S. The Morgan fingerprint density at radius 1 is 1.00 bits per heavy atom. The maximum absolute atomic E-state index is 14.0. The lowest BCUT2D eigenvalue weighted by atomic mass is 10.00. The first-order chi connectivity index (χ1) is 14.0. The van der Waals surface area contributed by atoms with E-state index in [2.05, 4.69) is 0 Å². The smallest absolute Gasteiger partial charge is 0.256 e. The number of nitrogens with zero attached hydrogens (tertiary/aromatic N) is 2. The molecule has 0 unspecified atom stereocenters. The Hall–Kier alpha value is -2.54. The van der Waals surface area contributed by atoms with Crippen molar-refractivity contribution in [3.05, 3.63) is 65.5 Å². The molecule has 2 fully saturated rings. The van der Waals surface area contributed by atoms with Gasteiger partial charge >= 0.3 is 0 Å². The Morgan fingerprint density at radius 3 is 2.34 bits per heavy atom. The fraction of sp³-hybridized carbons (Fsp3) is 0.364. The monoisotopic (exact) mass is 414 g/mol. The predicted octanol–water partition coefficient (Wildman–Crippen LogP) is 3.66. The number of piperidine rings is 1. The molecule has 7 heteroatoms. The Kier molecular flexibility index (Phi) is 5.50. The highest BCUT2D eigenvalue weighted by atomic mass is 32.2. The normalized spacial score (nSPS) is 18.1. The lowest BCUT2D eigenvalue weighted by molar-refractivity contribution is 0.0496. The van der Waals surface area contributed by atoms with Crippen LogP contribution in [-0.4, -0.2) is 59.0 Å². The first-order valence-electron chi connectivity index (χ1n) is 9.68. The Labute approximate surface area is 173 Å². The molecule has 2 aromatic rings. The summed E-state index contributed by atoms with van der Waals surface area (Å²) in [5.41, 5.74) is 0.742. The zero-order chi connectivity index (χ0) is 20.4. The number of carbonyl (C=O) groups excluding carboxylic acids is 2. The maximum atomic E-state index is 14.0. The Balaban J connectivity index is 1.47. The van der Waals surface area contributed by atoms with Crippen molar-refractivity contribution >= 4 is 23.6 Å². The van der Waals surface area contributed by atoms with E-state index in [1.165, 1.54) is 12.1 Å². The third kappa shape index (κ3) is 3.71. The van der Waals surface area contributed by atoms with Crippen molar-refractivity contribution in [2.75, 3.05) is 32.5 Å². The van der Waals surface area contributed by atoms with Gasteiger partial charge in [0.05, 0.1) is 17.5 Å². The van der Waals surface area contributed by atoms with Gasteiger partial charge in [-0.3, -0.25) is 9.59 Å². The molecule has 4 rings (SSSR count). The van der Waals surface area contributed by atoms with Crippen LogP contribution in [-0.2, 0) is 0 Å². The molecule has 0 aromatic heterocycles. The summed E-state index contributed by atoms with van der Waals surface area (Å²) in [5, 5.41) is 0. The first kappa shape index (κ1) is 19.8. The van der Waals surface area contributed by atoms with Gasteiger partial charge in [-0.2, -0.15) is 0 Å². The zero-order valence-corrected chi connectivity index (χ0v) is 17.1. The fourth-order valence-corrected chi connectivity index (χ4v) is 5.52. The molecule has 0 N–H and O–H groups in total. The van der Waals surface area contributed by atoms with Gasteiger partial charge < -0.3 is 14.5 Å². The van der Waals surface area contributed by atoms with Crippen LogP contribution in [0.1, 0.15) is 33.6 Å². The molecule has 1 spiro atoms. The largest absolute Gasteiger partial charge is 0.497 e. The molecule has 0 bridgehead atoms. The fourth-order valence-electron chi connectivity index (χ4n) is 4.06. The van der Waals surface area contributed by atoms with Gasteiger partial charge in [0.25, 0.3) is 11.8 Å². The summed E-state index contributed by atoms with van der Waals surface area (Å²) in [6.07, 6.45) is 1.36. The van der Waals surface area contributed by atoms with Crippen LogP contribution in [0.3, 0.4) is 0 Å². The third-order valence-electron chi connectivity index (χ3n) is 5.70. The van der Waals surface area contributed by atoms with E-state index < -0.39 is 5.82 Å². The van der Waals surface area contributed by atoms with Gasteiger partial charge in [-0.05, 0) is 49.2 Å². The van der Waals surface area contributed by atoms with E-state index >= 15 is 0 Å². The minimum atomic E-state index is -0.496. The molecule has 2 aliphatic rings. The summed E-state index contributed by atoms with van der Waals surface area (Å²) in [5.74, 6) is 0.820. The van der Waals surface area contributed by atoms with Crippen LogP contribution < -0.4 is 4.74 Å². The molecule has 0 radical (unpaired) electrons. The van der Waals surface area contributed by atoms with Crippen molar-refractivity contribution < 1.29 is 18.7 Å². The van der Waals surface area contributed by atoms with Crippen LogP contribution in [0, 0.1) is 5.82 Å². The van der Waals surface area contributed by atoms with Crippen LogP contribution >= 0.6 is 11.8 Å². The quantitative estimate of drug-likeness (QED) is 0.769. The summed E-state index contributed by atoms with van der Waals surface area (Å²) in [6.45, 7) is 1.70. The van der Waals surface area contributed by atoms with Gasteiger partial charge in [-0.15, -0.1) is 11.8 Å². The summed E-state index contributed by atoms with van der Waals surface area (Å²) >= 11 is 1.79. The van der Waals surface area contributed by atoms with E-state index in [0.717, 1.165) is 5.75 Å².